The number of aryl methyl sites for hydroxylation is 1. The molecule has 26 heavy (non-hydrogen) atoms. The highest BCUT2D eigenvalue weighted by Crippen LogP contribution is 2.33. The zero-order valence-corrected chi connectivity index (χ0v) is 16.4. The van der Waals surface area contributed by atoms with Crippen molar-refractivity contribution in [2.75, 3.05) is 32.8 Å². The van der Waals surface area contributed by atoms with Gasteiger partial charge in [-0.25, -0.2) is 4.98 Å². The van der Waals surface area contributed by atoms with E-state index in [0.29, 0.717) is 17.9 Å². The summed E-state index contributed by atoms with van der Waals surface area (Å²) in [6, 6.07) is 5.77. The molecular weight excluding hydrogens is 370 g/mol. The van der Waals surface area contributed by atoms with Gasteiger partial charge >= 0.3 is 0 Å². The number of hydrogen-bond donors (Lipinski definition) is 1. The highest BCUT2D eigenvalue weighted by molar-refractivity contribution is 7.18. The van der Waals surface area contributed by atoms with Gasteiger partial charge in [0.25, 0.3) is 0 Å². The molecule has 0 bridgehead atoms. The standard InChI is InChI=1S/C19H24ClN3O2S/c20-14-1-2-16-15(13-14)22-17(26-16)3-4-18(24)23-10-9-21-8-5-19(23)6-11-25-12-7-19/h1-2,13,21H,3-12H2. The number of nitrogens with zero attached hydrogens (tertiary/aromatic N) is 2. The van der Waals surface area contributed by atoms with Gasteiger partial charge in [0.1, 0.15) is 0 Å². The topological polar surface area (TPSA) is 54.5 Å². The smallest absolute Gasteiger partial charge is 0.223 e. The van der Waals surface area contributed by atoms with Crippen molar-refractivity contribution < 1.29 is 9.53 Å². The number of fused-ring (bicyclic) bond motifs is 1. The molecule has 2 saturated heterocycles. The Balaban J connectivity index is 1.46. The Morgan fingerprint density at radius 2 is 2.15 bits per heavy atom. The number of benzene rings is 1. The van der Waals surface area contributed by atoms with Crippen LogP contribution in [0.15, 0.2) is 18.2 Å². The first-order valence-corrected chi connectivity index (χ1v) is 10.5. The van der Waals surface area contributed by atoms with Crippen LogP contribution in [0.25, 0.3) is 10.2 Å². The van der Waals surface area contributed by atoms with Crippen LogP contribution in [0.5, 0.6) is 0 Å². The Kier molecular flexibility index (Phi) is 5.45. The summed E-state index contributed by atoms with van der Waals surface area (Å²) in [5.74, 6) is 0.243. The maximum atomic E-state index is 13.1. The summed E-state index contributed by atoms with van der Waals surface area (Å²) in [4.78, 5) is 19.9. The molecule has 0 aliphatic carbocycles. The third-order valence-electron chi connectivity index (χ3n) is 5.52. The number of amides is 1. The SMILES string of the molecule is O=C(CCc1nc2cc(Cl)ccc2s1)N1CCNCCC12CCOCC2. The van der Waals surface area contributed by atoms with Crippen molar-refractivity contribution in [3.05, 3.63) is 28.2 Å². The molecule has 2 aliphatic rings. The van der Waals surface area contributed by atoms with Crippen LogP contribution < -0.4 is 5.32 Å². The van der Waals surface area contributed by atoms with Gasteiger partial charge in [-0.1, -0.05) is 11.6 Å². The fourth-order valence-corrected chi connectivity index (χ4v) is 5.19. The quantitative estimate of drug-likeness (QED) is 0.869. The van der Waals surface area contributed by atoms with E-state index in [4.69, 9.17) is 16.3 Å². The van der Waals surface area contributed by atoms with Crippen LogP contribution in [0.2, 0.25) is 5.02 Å². The van der Waals surface area contributed by atoms with Gasteiger partial charge in [0, 0.05) is 49.7 Å². The van der Waals surface area contributed by atoms with E-state index in [1.165, 1.54) is 0 Å². The molecule has 1 aromatic carbocycles. The number of nitrogens with one attached hydrogen (secondary N) is 1. The molecule has 4 rings (SSSR count). The van der Waals surface area contributed by atoms with Crippen LogP contribution in [-0.2, 0) is 16.0 Å². The van der Waals surface area contributed by atoms with Crippen molar-refractivity contribution in [1.82, 2.24) is 15.2 Å². The predicted octanol–water partition coefficient (Wildman–Crippen LogP) is 3.25. The molecule has 0 unspecified atom stereocenters. The summed E-state index contributed by atoms with van der Waals surface area (Å²) >= 11 is 7.70. The van der Waals surface area contributed by atoms with Gasteiger partial charge in [-0.2, -0.15) is 0 Å². The van der Waals surface area contributed by atoms with Crippen LogP contribution in [0, 0.1) is 0 Å². The van der Waals surface area contributed by atoms with E-state index in [1.807, 2.05) is 18.2 Å². The van der Waals surface area contributed by atoms with E-state index >= 15 is 0 Å². The van der Waals surface area contributed by atoms with E-state index in [1.54, 1.807) is 11.3 Å². The minimum Gasteiger partial charge on any atom is -0.381 e. The number of carbonyl (C=O) groups is 1. The average Bonchev–Trinajstić information content (AvgIpc) is 2.94. The van der Waals surface area contributed by atoms with Gasteiger partial charge in [0.2, 0.25) is 5.91 Å². The van der Waals surface area contributed by atoms with Crippen molar-refractivity contribution >= 4 is 39.1 Å². The lowest BCUT2D eigenvalue weighted by Gasteiger charge is -2.45. The van der Waals surface area contributed by atoms with Crippen LogP contribution in [0.4, 0.5) is 0 Å². The van der Waals surface area contributed by atoms with Crippen molar-refractivity contribution in [3.63, 3.8) is 0 Å². The Labute approximate surface area is 162 Å². The lowest BCUT2D eigenvalue weighted by Crippen LogP contribution is -2.55. The molecule has 1 N–H and O–H groups in total. The van der Waals surface area contributed by atoms with Gasteiger partial charge in [0.15, 0.2) is 0 Å². The number of halogens is 1. The van der Waals surface area contributed by atoms with Crippen LogP contribution in [0.3, 0.4) is 0 Å². The Hall–Kier alpha value is -1.21. The predicted molar refractivity (Wildman–Crippen MR) is 105 cm³/mol. The molecule has 2 fully saturated rings. The molecule has 140 valence electrons. The molecule has 2 aliphatic heterocycles. The van der Waals surface area contributed by atoms with E-state index in [-0.39, 0.29) is 11.4 Å². The fourth-order valence-electron chi connectivity index (χ4n) is 4.07. The first-order valence-electron chi connectivity index (χ1n) is 9.30. The fraction of sp³-hybridized carbons (Fsp3) is 0.579. The summed E-state index contributed by atoms with van der Waals surface area (Å²) in [5.41, 5.74) is 0.893. The maximum absolute atomic E-state index is 13.1. The number of thiazole rings is 1. The molecule has 1 amide bonds. The Morgan fingerprint density at radius 3 is 3.00 bits per heavy atom. The van der Waals surface area contributed by atoms with Crippen LogP contribution >= 0.6 is 22.9 Å². The second kappa shape index (κ2) is 7.80. The monoisotopic (exact) mass is 393 g/mol. The number of hydrogen-bond acceptors (Lipinski definition) is 5. The molecular formula is C19H24ClN3O2S. The summed E-state index contributed by atoms with van der Waals surface area (Å²) in [6.07, 6.45) is 4.10. The van der Waals surface area contributed by atoms with E-state index in [9.17, 15) is 4.79 Å². The second-order valence-electron chi connectivity index (χ2n) is 7.10. The number of carbonyl (C=O) groups excluding carboxylic acids is 1. The van der Waals surface area contributed by atoms with Crippen molar-refractivity contribution in [1.29, 1.82) is 0 Å². The molecule has 5 nitrogen and oxygen atoms in total. The first kappa shape index (κ1) is 18.2. The van der Waals surface area contributed by atoms with Gasteiger partial charge in [-0.3, -0.25) is 4.79 Å². The minimum atomic E-state index is -0.0278. The van der Waals surface area contributed by atoms with Crippen LogP contribution in [0.1, 0.15) is 30.7 Å². The highest BCUT2D eigenvalue weighted by Gasteiger charge is 2.41. The summed E-state index contributed by atoms with van der Waals surface area (Å²) in [5, 5.41) is 5.15. The van der Waals surface area contributed by atoms with E-state index < -0.39 is 0 Å². The normalized spacial score (nSPS) is 20.4. The van der Waals surface area contributed by atoms with Gasteiger partial charge < -0.3 is 15.0 Å². The van der Waals surface area contributed by atoms with E-state index in [0.717, 1.165) is 67.3 Å². The molecule has 2 aromatic rings. The lowest BCUT2D eigenvalue weighted by atomic mass is 9.84. The third-order valence-corrected chi connectivity index (χ3v) is 6.85. The minimum absolute atomic E-state index is 0.0278. The van der Waals surface area contributed by atoms with Gasteiger partial charge in [0.05, 0.1) is 15.2 Å². The zero-order valence-electron chi connectivity index (χ0n) is 14.8. The number of aromatic nitrogens is 1. The summed E-state index contributed by atoms with van der Waals surface area (Å²) in [6.45, 7) is 4.13. The Morgan fingerprint density at radius 1 is 1.31 bits per heavy atom. The summed E-state index contributed by atoms with van der Waals surface area (Å²) in [7, 11) is 0. The molecule has 0 atom stereocenters. The third kappa shape index (κ3) is 3.74. The van der Waals surface area contributed by atoms with Crippen LogP contribution in [-0.4, -0.2) is 54.2 Å². The zero-order chi connectivity index (χ0) is 18.0. The number of ether oxygens (including phenoxy) is 1. The average molecular weight is 394 g/mol. The molecule has 3 heterocycles. The molecule has 0 saturated carbocycles. The molecule has 1 aromatic heterocycles. The van der Waals surface area contributed by atoms with Crippen molar-refractivity contribution in [2.45, 2.75) is 37.6 Å². The number of rotatable bonds is 3. The largest absolute Gasteiger partial charge is 0.381 e. The molecule has 0 radical (unpaired) electrons. The first-order chi connectivity index (χ1) is 12.7. The molecule has 7 heteroatoms. The maximum Gasteiger partial charge on any atom is 0.223 e. The van der Waals surface area contributed by atoms with Gasteiger partial charge in [-0.05, 0) is 44.0 Å². The lowest BCUT2D eigenvalue weighted by molar-refractivity contribution is -0.141. The van der Waals surface area contributed by atoms with Crippen molar-refractivity contribution in [2.24, 2.45) is 0 Å². The second-order valence-corrected chi connectivity index (χ2v) is 8.65. The Bertz CT molecular complexity index is 788. The summed E-state index contributed by atoms with van der Waals surface area (Å²) < 4.78 is 6.68. The molecule has 1 spiro atoms. The van der Waals surface area contributed by atoms with E-state index in [2.05, 4.69) is 15.2 Å². The van der Waals surface area contributed by atoms with Crippen molar-refractivity contribution in [3.8, 4) is 0 Å². The van der Waals surface area contributed by atoms with Gasteiger partial charge in [-0.15, -0.1) is 11.3 Å². The highest BCUT2D eigenvalue weighted by atomic mass is 35.5.